The highest BCUT2D eigenvalue weighted by Gasteiger charge is 2.78. The van der Waals surface area contributed by atoms with Gasteiger partial charge in [0.05, 0.1) is 48.2 Å². The summed E-state index contributed by atoms with van der Waals surface area (Å²) in [4.78, 5) is 56.0. The van der Waals surface area contributed by atoms with Gasteiger partial charge >= 0.3 is 17.9 Å². The van der Waals surface area contributed by atoms with E-state index >= 15 is 4.79 Å². The third-order valence-corrected chi connectivity index (χ3v) is 12.5. The van der Waals surface area contributed by atoms with Crippen LogP contribution in [0.1, 0.15) is 69.4 Å². The minimum Gasteiger partial charge on any atom is -0.456 e. The number of aliphatic hydroxyl groups is 3. The Labute approximate surface area is 308 Å². The number of methoxy groups -OCH3 is 1. The van der Waals surface area contributed by atoms with E-state index in [9.17, 15) is 29.7 Å². The standard InChI is InChI=1S/C40H49NO12/c1-21-26(51-36(47)31(44)30(41)23-13-9-7-10-14-23)18-40(48)34(52-35(46)24-15-11-8-12-16-24)32-38(5,33(45)25(19-42)29(21)37(40,3)4)27(49-6)17-28-39(32,20-50-28)53-22(2)43/h7-16,25-28,30-32,34,42,44,48H,17-20,41H2,1-6H3/t25-,26+,27+,28-,30+,31-,32+,34+,38-,39+,40-/m1/s1. The van der Waals surface area contributed by atoms with Crippen molar-refractivity contribution in [2.45, 2.75) is 95.2 Å². The van der Waals surface area contributed by atoms with Crippen molar-refractivity contribution in [3.05, 3.63) is 82.9 Å². The van der Waals surface area contributed by atoms with Crippen LogP contribution in [0.5, 0.6) is 0 Å². The first kappa shape index (κ1) is 38.7. The van der Waals surface area contributed by atoms with Gasteiger partial charge in [0.2, 0.25) is 0 Å². The normalized spacial score (nSPS) is 35.6. The first-order chi connectivity index (χ1) is 25.0. The molecule has 13 heteroatoms. The average molecular weight is 736 g/mol. The second-order valence-corrected chi connectivity index (χ2v) is 15.5. The second-order valence-electron chi connectivity index (χ2n) is 15.5. The SMILES string of the molecule is CO[C@H]1C[C@H]2OC[C@@]2(OC(C)=O)[C@H]2[C@H](OC(=O)c3ccccc3)[C@]3(O)C[C@H](OC(=O)[C@H](O)[C@@H](N)c4ccccc4)C(C)=C([C@@H](CO)C(=O)[C@]12C)C3(C)C. The van der Waals surface area contributed by atoms with E-state index in [-0.39, 0.29) is 30.6 Å². The highest BCUT2D eigenvalue weighted by molar-refractivity contribution is 5.93. The number of carbonyl (C=O) groups excluding carboxylic acids is 4. The lowest BCUT2D eigenvalue weighted by Gasteiger charge is -2.68. The molecule has 6 rings (SSSR count). The third kappa shape index (κ3) is 5.92. The van der Waals surface area contributed by atoms with Gasteiger partial charge in [0.1, 0.15) is 23.9 Å². The quantitative estimate of drug-likeness (QED) is 0.167. The molecule has 3 aliphatic carbocycles. The molecule has 0 amide bonds. The van der Waals surface area contributed by atoms with Gasteiger partial charge in [0.15, 0.2) is 17.5 Å². The molecule has 1 saturated heterocycles. The van der Waals surface area contributed by atoms with Crippen LogP contribution >= 0.6 is 0 Å². The van der Waals surface area contributed by atoms with Crippen LogP contribution in [0.15, 0.2) is 71.8 Å². The van der Waals surface area contributed by atoms with Crippen molar-refractivity contribution >= 4 is 23.7 Å². The Morgan fingerprint density at radius 1 is 1.02 bits per heavy atom. The number of benzene rings is 2. The van der Waals surface area contributed by atoms with E-state index in [0.717, 1.165) is 0 Å². The van der Waals surface area contributed by atoms with Crippen molar-refractivity contribution < 1.29 is 58.2 Å². The zero-order valence-electron chi connectivity index (χ0n) is 30.8. The van der Waals surface area contributed by atoms with Gasteiger partial charge in [-0.05, 0) is 42.7 Å². The zero-order chi connectivity index (χ0) is 38.7. The number of rotatable bonds is 9. The van der Waals surface area contributed by atoms with Crippen LogP contribution in [0.4, 0.5) is 0 Å². The van der Waals surface area contributed by atoms with Crippen LogP contribution in [-0.4, -0.2) is 101 Å². The van der Waals surface area contributed by atoms with Crippen molar-refractivity contribution in [2.24, 2.45) is 28.4 Å². The maximum atomic E-state index is 15.3. The molecular weight excluding hydrogens is 686 g/mol. The summed E-state index contributed by atoms with van der Waals surface area (Å²) >= 11 is 0. The molecule has 4 aliphatic rings. The lowest BCUT2D eigenvalue weighted by Crippen LogP contribution is -2.81. The molecule has 0 unspecified atom stereocenters. The largest absolute Gasteiger partial charge is 0.456 e. The molecule has 0 spiro atoms. The number of esters is 3. The first-order valence-corrected chi connectivity index (χ1v) is 17.9. The summed E-state index contributed by atoms with van der Waals surface area (Å²) in [5.41, 5.74) is 0.735. The molecule has 11 atom stereocenters. The molecule has 2 aromatic rings. The van der Waals surface area contributed by atoms with Gasteiger partial charge in [-0.25, -0.2) is 9.59 Å². The Morgan fingerprint density at radius 2 is 1.64 bits per heavy atom. The number of aliphatic hydroxyl groups excluding tert-OH is 2. The number of hydrogen-bond acceptors (Lipinski definition) is 13. The summed E-state index contributed by atoms with van der Waals surface area (Å²) in [5, 5.41) is 35.7. The minimum atomic E-state index is -2.17. The highest BCUT2D eigenvalue weighted by Crippen LogP contribution is 2.65. The number of fused-ring (bicyclic) bond motifs is 5. The predicted molar refractivity (Wildman–Crippen MR) is 188 cm³/mol. The first-order valence-electron chi connectivity index (χ1n) is 17.9. The summed E-state index contributed by atoms with van der Waals surface area (Å²) in [5.74, 6) is -5.65. The predicted octanol–water partition coefficient (Wildman–Crippen LogP) is 2.60. The maximum absolute atomic E-state index is 15.3. The number of Topliss-reactive ketones (excluding diaryl/α,β-unsaturated/α-hetero) is 1. The number of carbonyl (C=O) groups is 4. The monoisotopic (exact) mass is 735 g/mol. The minimum absolute atomic E-state index is 0.125. The fraction of sp³-hybridized carbons (Fsp3) is 0.550. The van der Waals surface area contributed by atoms with Crippen LogP contribution in [0.2, 0.25) is 0 Å². The number of ether oxygens (including phenoxy) is 5. The van der Waals surface area contributed by atoms with Crippen molar-refractivity contribution in [1.29, 1.82) is 0 Å². The molecule has 53 heavy (non-hydrogen) atoms. The zero-order valence-corrected chi connectivity index (χ0v) is 30.8. The Balaban J connectivity index is 1.56. The van der Waals surface area contributed by atoms with Gasteiger partial charge in [-0.1, -0.05) is 62.4 Å². The summed E-state index contributed by atoms with van der Waals surface area (Å²) < 4.78 is 30.5. The second kappa shape index (κ2) is 14.0. The lowest BCUT2D eigenvalue weighted by molar-refractivity contribution is -0.347. The Hall–Kier alpha value is -3.98. The molecule has 0 radical (unpaired) electrons. The van der Waals surface area contributed by atoms with E-state index in [1.807, 2.05) is 0 Å². The molecule has 0 aromatic heterocycles. The Morgan fingerprint density at radius 3 is 2.19 bits per heavy atom. The molecular formula is C40H49NO12. The summed E-state index contributed by atoms with van der Waals surface area (Å²) in [6, 6.07) is 15.5. The summed E-state index contributed by atoms with van der Waals surface area (Å²) in [7, 11) is 1.43. The number of hydrogen-bond donors (Lipinski definition) is 4. The Kier molecular flexibility index (Phi) is 10.2. The van der Waals surface area contributed by atoms with Crippen LogP contribution in [0.3, 0.4) is 0 Å². The molecule has 3 fully saturated rings. The molecule has 1 aliphatic heterocycles. The summed E-state index contributed by atoms with van der Waals surface area (Å²) in [6.07, 6.45) is -6.66. The van der Waals surface area contributed by atoms with E-state index in [2.05, 4.69) is 0 Å². The highest BCUT2D eigenvalue weighted by atomic mass is 16.6. The van der Waals surface area contributed by atoms with Gasteiger partial charge in [-0.3, -0.25) is 9.59 Å². The number of nitrogens with two attached hydrogens (primary N) is 1. The van der Waals surface area contributed by atoms with Gasteiger partial charge < -0.3 is 44.7 Å². The molecule has 5 N–H and O–H groups in total. The lowest BCUT2D eigenvalue weighted by atomic mass is 9.43. The van der Waals surface area contributed by atoms with Gasteiger partial charge in [-0.2, -0.15) is 0 Å². The van der Waals surface area contributed by atoms with Crippen LogP contribution in [-0.2, 0) is 38.1 Å². The molecule has 1 heterocycles. The fourth-order valence-electron chi connectivity index (χ4n) is 9.72. The van der Waals surface area contributed by atoms with Gasteiger partial charge in [0.25, 0.3) is 0 Å². The van der Waals surface area contributed by atoms with E-state index < -0.39 is 101 Å². The van der Waals surface area contributed by atoms with Crippen LogP contribution in [0.25, 0.3) is 0 Å². The molecule has 2 saturated carbocycles. The van der Waals surface area contributed by atoms with Crippen molar-refractivity contribution in [1.82, 2.24) is 0 Å². The van der Waals surface area contributed by atoms with Crippen molar-refractivity contribution in [3.8, 4) is 0 Å². The molecule has 2 bridgehead atoms. The van der Waals surface area contributed by atoms with Crippen molar-refractivity contribution in [3.63, 3.8) is 0 Å². The molecule has 286 valence electrons. The van der Waals surface area contributed by atoms with Crippen LogP contribution in [0, 0.1) is 22.7 Å². The van der Waals surface area contributed by atoms with Crippen LogP contribution < -0.4 is 5.73 Å². The van der Waals surface area contributed by atoms with E-state index in [4.69, 9.17) is 29.4 Å². The third-order valence-electron chi connectivity index (χ3n) is 12.5. The van der Waals surface area contributed by atoms with Crippen molar-refractivity contribution in [2.75, 3.05) is 20.3 Å². The maximum Gasteiger partial charge on any atom is 0.338 e. The summed E-state index contributed by atoms with van der Waals surface area (Å²) in [6.45, 7) is 6.98. The average Bonchev–Trinajstić information content (AvgIpc) is 3.13. The molecule has 2 aromatic carbocycles. The van der Waals surface area contributed by atoms with Gasteiger partial charge in [-0.15, -0.1) is 0 Å². The van der Waals surface area contributed by atoms with Gasteiger partial charge in [0, 0.05) is 32.3 Å². The Bertz CT molecular complexity index is 1780. The van der Waals surface area contributed by atoms with E-state index in [0.29, 0.717) is 11.1 Å². The van der Waals surface area contributed by atoms with E-state index in [1.165, 1.54) is 14.0 Å². The van der Waals surface area contributed by atoms with E-state index in [1.54, 1.807) is 88.4 Å². The smallest absolute Gasteiger partial charge is 0.338 e. The number of ketones is 1. The fourth-order valence-corrected chi connectivity index (χ4v) is 9.72. The molecule has 13 nitrogen and oxygen atoms in total. The topological polar surface area (TPSA) is 201 Å².